The zero-order chi connectivity index (χ0) is 38.0. The smallest absolute Gasteiger partial charge is 0.0537 e. The average Bonchev–Trinajstić information content (AvgIpc) is 3.30. The van der Waals surface area contributed by atoms with Gasteiger partial charge in [0.2, 0.25) is 0 Å². The summed E-state index contributed by atoms with van der Waals surface area (Å²) in [6, 6.07) is 77.2. The van der Waals surface area contributed by atoms with Gasteiger partial charge in [0.15, 0.2) is 0 Å². The summed E-state index contributed by atoms with van der Waals surface area (Å²) in [7, 11) is 0. The summed E-state index contributed by atoms with van der Waals surface area (Å²) < 4.78 is 0. The van der Waals surface area contributed by atoms with Crippen molar-refractivity contribution in [2.75, 3.05) is 4.90 Å². The van der Waals surface area contributed by atoms with Crippen LogP contribution in [-0.4, -0.2) is 0 Å². The second-order valence-electron chi connectivity index (χ2n) is 14.7. The van der Waals surface area contributed by atoms with Crippen LogP contribution in [-0.2, 0) is 0 Å². The van der Waals surface area contributed by atoms with Crippen molar-refractivity contribution < 1.29 is 0 Å². The maximum atomic E-state index is 2.53. The molecule has 1 aliphatic carbocycles. The van der Waals surface area contributed by atoms with Gasteiger partial charge in [-0.3, -0.25) is 0 Å². The molecule has 0 heterocycles. The van der Waals surface area contributed by atoms with Crippen LogP contribution < -0.4 is 4.90 Å². The van der Waals surface area contributed by atoms with Gasteiger partial charge in [0.1, 0.15) is 0 Å². The van der Waals surface area contributed by atoms with Gasteiger partial charge in [-0.2, -0.15) is 0 Å². The van der Waals surface area contributed by atoms with Crippen molar-refractivity contribution in [3.8, 4) is 44.5 Å². The number of para-hydroxylation sites is 1. The van der Waals surface area contributed by atoms with Gasteiger partial charge in [0.25, 0.3) is 0 Å². The molecule has 0 fully saturated rings. The molecule has 270 valence electrons. The second kappa shape index (κ2) is 15.1. The number of rotatable bonds is 8. The Balaban J connectivity index is 1.17. The van der Waals surface area contributed by atoms with Gasteiger partial charge in [-0.25, -0.2) is 0 Å². The third kappa shape index (κ3) is 6.54. The first-order valence-corrected chi connectivity index (χ1v) is 19.9. The molecule has 0 unspecified atom stereocenters. The first-order chi connectivity index (χ1) is 28.3. The molecule has 9 aromatic carbocycles. The lowest BCUT2D eigenvalue weighted by Gasteiger charge is -2.32. The Labute approximate surface area is 335 Å². The molecule has 0 saturated carbocycles. The first kappa shape index (κ1) is 34.3. The van der Waals surface area contributed by atoms with E-state index in [4.69, 9.17) is 0 Å². The summed E-state index contributed by atoms with van der Waals surface area (Å²) in [5.74, 6) is 0. The van der Waals surface area contributed by atoms with Gasteiger partial charge >= 0.3 is 0 Å². The highest BCUT2D eigenvalue weighted by atomic mass is 15.2. The van der Waals surface area contributed by atoms with E-state index >= 15 is 0 Å². The quantitative estimate of drug-likeness (QED) is 0.141. The number of hydrogen-bond acceptors (Lipinski definition) is 1. The van der Waals surface area contributed by atoms with E-state index in [1.54, 1.807) is 0 Å². The number of hydrogen-bond donors (Lipinski definition) is 0. The lowest BCUT2D eigenvalue weighted by molar-refractivity contribution is 0.922. The minimum atomic E-state index is 0.913. The zero-order valence-electron chi connectivity index (χ0n) is 31.7. The highest BCUT2D eigenvalue weighted by Gasteiger charge is 2.23. The van der Waals surface area contributed by atoms with E-state index in [1.807, 2.05) is 0 Å². The van der Waals surface area contributed by atoms with Gasteiger partial charge in [0.05, 0.1) is 5.69 Å². The van der Waals surface area contributed by atoms with Crippen LogP contribution in [0.5, 0.6) is 0 Å². The third-order valence-electron chi connectivity index (χ3n) is 11.3. The fraction of sp³-hybridized carbons (Fsp3) is 0.0357. The van der Waals surface area contributed by atoms with E-state index in [2.05, 4.69) is 229 Å². The summed E-state index contributed by atoms with van der Waals surface area (Å²) in [6.45, 7) is 0. The lowest BCUT2D eigenvalue weighted by Crippen LogP contribution is -2.19. The van der Waals surface area contributed by atoms with Crippen molar-refractivity contribution in [2.24, 2.45) is 0 Å². The highest BCUT2D eigenvalue weighted by molar-refractivity contribution is 6.11. The van der Waals surface area contributed by atoms with Crippen molar-refractivity contribution in [3.63, 3.8) is 0 Å². The van der Waals surface area contributed by atoms with Gasteiger partial charge in [0, 0.05) is 16.9 Å². The lowest BCUT2D eigenvalue weighted by atomic mass is 9.90. The Bertz CT molecular complexity index is 2950. The van der Waals surface area contributed by atoms with Crippen LogP contribution >= 0.6 is 0 Å². The largest absolute Gasteiger partial charge is 0.314 e. The number of fused-ring (bicyclic) bond motifs is 3. The summed E-state index contributed by atoms with van der Waals surface area (Å²) in [5.41, 5.74) is 15.8. The van der Waals surface area contributed by atoms with Crippen LogP contribution in [0.25, 0.3) is 71.6 Å². The van der Waals surface area contributed by atoms with Crippen molar-refractivity contribution in [1.29, 1.82) is 0 Å². The van der Waals surface area contributed by atoms with E-state index in [9.17, 15) is 0 Å². The highest BCUT2D eigenvalue weighted by Crippen LogP contribution is 2.45. The Hall–Kier alpha value is -7.22. The van der Waals surface area contributed by atoms with Crippen LogP contribution in [0.4, 0.5) is 11.4 Å². The molecular formula is C56H41N. The Morgan fingerprint density at radius 3 is 1.65 bits per heavy atom. The van der Waals surface area contributed by atoms with E-state index in [-0.39, 0.29) is 0 Å². The molecule has 9 aromatic rings. The Morgan fingerprint density at radius 2 is 0.895 bits per heavy atom. The van der Waals surface area contributed by atoms with Gasteiger partial charge in [-0.15, -0.1) is 0 Å². The minimum Gasteiger partial charge on any atom is -0.314 e. The number of allylic oxidation sites excluding steroid dienone is 4. The van der Waals surface area contributed by atoms with Crippen molar-refractivity contribution in [3.05, 3.63) is 236 Å². The van der Waals surface area contributed by atoms with Crippen LogP contribution in [0.15, 0.2) is 230 Å². The third-order valence-corrected chi connectivity index (χ3v) is 11.3. The molecule has 57 heavy (non-hydrogen) atoms. The standard InChI is InChI=1S/C56H41N/c1-3-18-40(19-4-1)47-27-9-10-30-50(47)43-23-15-25-45(38-43)57(56-35-14-13-32-55(56)53-31-12-11-29-48(53)41-20-5-2-6-21-41)46-26-16-24-44(39-46)51-33-17-34-52-49-28-8-7-22-42(49)36-37-54(51)52/h1-15,17-25,27-39H,16,26H2. The van der Waals surface area contributed by atoms with Crippen LogP contribution in [0.2, 0.25) is 0 Å². The molecule has 0 amide bonds. The Kier molecular flexibility index (Phi) is 9.10. The minimum absolute atomic E-state index is 0.913. The van der Waals surface area contributed by atoms with E-state index < -0.39 is 0 Å². The van der Waals surface area contributed by atoms with Gasteiger partial charge in [-0.1, -0.05) is 200 Å². The fourth-order valence-electron chi connectivity index (χ4n) is 8.70. The number of nitrogens with zero attached hydrogens (tertiary/aromatic N) is 1. The maximum absolute atomic E-state index is 2.53. The monoisotopic (exact) mass is 727 g/mol. The summed E-state index contributed by atoms with van der Waals surface area (Å²) in [5, 5.41) is 5.13. The van der Waals surface area contributed by atoms with Gasteiger partial charge < -0.3 is 4.90 Å². The van der Waals surface area contributed by atoms with E-state index in [0.717, 1.165) is 24.2 Å². The number of anilines is 2. The molecule has 0 N–H and O–H groups in total. The molecule has 1 nitrogen and oxygen atoms in total. The average molecular weight is 728 g/mol. The molecule has 1 heteroatoms. The normalized spacial score (nSPS) is 12.6. The molecule has 0 bridgehead atoms. The van der Waals surface area contributed by atoms with Crippen LogP contribution in [0, 0.1) is 0 Å². The predicted octanol–water partition coefficient (Wildman–Crippen LogP) is 15.6. The Morgan fingerprint density at radius 1 is 0.351 bits per heavy atom. The SMILES string of the molecule is C1=C(c2cccc3c2ccc2ccccc23)C=C(N(c2cccc(-c3ccccc3-c3ccccc3)c2)c2ccccc2-c2ccccc2-c2ccccc2)CC1. The van der Waals surface area contributed by atoms with Gasteiger partial charge in [-0.05, 0) is 109 Å². The molecule has 0 aliphatic heterocycles. The molecule has 0 saturated heterocycles. The topological polar surface area (TPSA) is 3.24 Å². The summed E-state index contributed by atoms with van der Waals surface area (Å²) >= 11 is 0. The molecule has 0 spiro atoms. The molecule has 10 rings (SSSR count). The first-order valence-electron chi connectivity index (χ1n) is 19.9. The van der Waals surface area contributed by atoms with E-state index in [1.165, 1.54) is 82.9 Å². The summed E-state index contributed by atoms with van der Waals surface area (Å²) in [6.07, 6.45) is 6.73. The van der Waals surface area contributed by atoms with Crippen LogP contribution in [0.1, 0.15) is 18.4 Å². The van der Waals surface area contributed by atoms with Crippen molar-refractivity contribution in [1.82, 2.24) is 0 Å². The molecule has 0 radical (unpaired) electrons. The van der Waals surface area contributed by atoms with Crippen LogP contribution in [0.3, 0.4) is 0 Å². The van der Waals surface area contributed by atoms with Crippen molar-refractivity contribution in [2.45, 2.75) is 12.8 Å². The van der Waals surface area contributed by atoms with Crippen molar-refractivity contribution >= 4 is 38.5 Å². The molecule has 0 atom stereocenters. The maximum Gasteiger partial charge on any atom is 0.0537 e. The predicted molar refractivity (Wildman–Crippen MR) is 244 cm³/mol. The molecular weight excluding hydrogens is 687 g/mol. The molecule has 0 aromatic heterocycles. The second-order valence-corrected chi connectivity index (χ2v) is 14.7. The number of benzene rings is 9. The molecule has 1 aliphatic rings. The summed E-state index contributed by atoms with van der Waals surface area (Å²) in [4.78, 5) is 2.53. The fourth-order valence-corrected chi connectivity index (χ4v) is 8.70. The zero-order valence-corrected chi connectivity index (χ0v) is 31.7. The van der Waals surface area contributed by atoms with E-state index in [0.29, 0.717) is 0 Å².